The number of carbonyl (C=O) groups is 3. The lowest BCUT2D eigenvalue weighted by Crippen LogP contribution is -2.41. The quantitative estimate of drug-likeness (QED) is 0.627. The Morgan fingerprint density at radius 3 is 2.37 bits per heavy atom. The number of halogens is 1. The largest absolute Gasteiger partial charge is 0.332 e. The molecule has 2 aromatic rings. The van der Waals surface area contributed by atoms with Crippen LogP contribution in [0, 0.1) is 5.82 Å². The molecule has 0 saturated carbocycles. The van der Waals surface area contributed by atoms with Crippen LogP contribution in [-0.2, 0) is 9.59 Å². The van der Waals surface area contributed by atoms with Gasteiger partial charge >= 0.3 is 6.03 Å². The van der Waals surface area contributed by atoms with Crippen LogP contribution in [-0.4, -0.2) is 24.4 Å². The molecule has 4 N–H and O–H groups in total. The Balaban J connectivity index is 1.81. The number of anilines is 2. The molecule has 0 aliphatic rings. The Hall–Kier alpha value is -3.42. The fourth-order valence-corrected chi connectivity index (χ4v) is 2.32. The molecule has 0 aromatic heterocycles. The van der Waals surface area contributed by atoms with E-state index in [4.69, 9.17) is 0 Å². The molecular weight excluding hydrogens is 351 g/mol. The van der Waals surface area contributed by atoms with Crippen LogP contribution >= 0.6 is 0 Å². The third-order valence-electron chi connectivity index (χ3n) is 3.59. The van der Waals surface area contributed by atoms with Gasteiger partial charge in [0.1, 0.15) is 5.82 Å². The molecule has 0 radical (unpaired) electrons. The zero-order chi connectivity index (χ0) is 19.8. The number of urea groups is 1. The number of rotatable bonds is 6. The van der Waals surface area contributed by atoms with Gasteiger partial charge in [-0.2, -0.15) is 0 Å². The molecule has 1 atom stereocenters. The van der Waals surface area contributed by atoms with Crippen molar-refractivity contribution in [1.82, 2.24) is 10.6 Å². The van der Waals surface area contributed by atoms with E-state index in [9.17, 15) is 18.8 Å². The van der Waals surface area contributed by atoms with Crippen molar-refractivity contribution in [2.45, 2.75) is 19.9 Å². The van der Waals surface area contributed by atoms with Gasteiger partial charge in [0.25, 0.3) is 0 Å². The molecule has 0 bridgehead atoms. The smallest absolute Gasteiger partial charge is 0.315 e. The van der Waals surface area contributed by atoms with Crippen LogP contribution < -0.4 is 21.3 Å². The van der Waals surface area contributed by atoms with E-state index < -0.39 is 17.8 Å². The summed E-state index contributed by atoms with van der Waals surface area (Å²) in [6, 6.07) is 11.6. The second-order valence-electron chi connectivity index (χ2n) is 5.91. The van der Waals surface area contributed by atoms with Crippen molar-refractivity contribution >= 4 is 29.2 Å². The van der Waals surface area contributed by atoms with Crippen molar-refractivity contribution in [3.8, 4) is 0 Å². The molecule has 4 amide bonds. The molecule has 0 aliphatic heterocycles. The van der Waals surface area contributed by atoms with E-state index in [2.05, 4.69) is 21.3 Å². The highest BCUT2D eigenvalue weighted by molar-refractivity contribution is 5.94. The first-order valence-corrected chi connectivity index (χ1v) is 8.31. The minimum absolute atomic E-state index is 0.183. The minimum Gasteiger partial charge on any atom is -0.332 e. The van der Waals surface area contributed by atoms with Crippen LogP contribution in [0.25, 0.3) is 0 Å². The molecule has 27 heavy (non-hydrogen) atoms. The zero-order valence-electron chi connectivity index (χ0n) is 15.0. The fourth-order valence-electron chi connectivity index (χ4n) is 2.32. The summed E-state index contributed by atoms with van der Waals surface area (Å²) in [6.07, 6.45) is 0. The van der Waals surface area contributed by atoms with Crippen molar-refractivity contribution in [2.75, 3.05) is 17.2 Å². The van der Waals surface area contributed by atoms with Gasteiger partial charge in [0.2, 0.25) is 11.8 Å². The first-order chi connectivity index (χ1) is 12.8. The highest BCUT2D eigenvalue weighted by Crippen LogP contribution is 2.17. The predicted octanol–water partition coefficient (Wildman–Crippen LogP) is 2.78. The summed E-state index contributed by atoms with van der Waals surface area (Å²) >= 11 is 0. The highest BCUT2D eigenvalue weighted by Gasteiger charge is 2.11. The van der Waals surface area contributed by atoms with Crippen molar-refractivity contribution in [1.29, 1.82) is 0 Å². The Bertz CT molecular complexity index is 824. The molecule has 2 rings (SSSR count). The summed E-state index contributed by atoms with van der Waals surface area (Å²) in [5.41, 5.74) is 1.87. The molecule has 1 unspecified atom stereocenters. The number of amides is 4. The van der Waals surface area contributed by atoms with E-state index in [1.165, 1.54) is 31.2 Å². The van der Waals surface area contributed by atoms with Gasteiger partial charge in [0.15, 0.2) is 0 Å². The zero-order valence-corrected chi connectivity index (χ0v) is 15.0. The summed E-state index contributed by atoms with van der Waals surface area (Å²) in [5, 5.41) is 10.4. The van der Waals surface area contributed by atoms with E-state index >= 15 is 0 Å². The van der Waals surface area contributed by atoms with Crippen LogP contribution in [0.2, 0.25) is 0 Å². The van der Waals surface area contributed by atoms with Crippen LogP contribution in [0.4, 0.5) is 20.6 Å². The molecular formula is C19H21FN4O3. The molecule has 8 heteroatoms. The summed E-state index contributed by atoms with van der Waals surface area (Å²) < 4.78 is 12.8. The van der Waals surface area contributed by atoms with E-state index in [0.29, 0.717) is 11.4 Å². The topological polar surface area (TPSA) is 99.3 Å². The van der Waals surface area contributed by atoms with Crippen molar-refractivity contribution in [2.24, 2.45) is 0 Å². The van der Waals surface area contributed by atoms with Crippen molar-refractivity contribution in [3.05, 3.63) is 59.9 Å². The van der Waals surface area contributed by atoms with Crippen molar-refractivity contribution in [3.63, 3.8) is 0 Å². The van der Waals surface area contributed by atoms with Gasteiger partial charge < -0.3 is 21.3 Å². The van der Waals surface area contributed by atoms with E-state index in [1.54, 1.807) is 25.1 Å². The average molecular weight is 372 g/mol. The lowest BCUT2D eigenvalue weighted by atomic mass is 10.1. The van der Waals surface area contributed by atoms with Crippen LogP contribution in [0.15, 0.2) is 48.5 Å². The van der Waals surface area contributed by atoms with Gasteiger partial charge in [0, 0.05) is 18.3 Å². The second kappa shape index (κ2) is 9.33. The van der Waals surface area contributed by atoms with Crippen molar-refractivity contribution < 1.29 is 18.8 Å². The third kappa shape index (κ3) is 6.77. The van der Waals surface area contributed by atoms with E-state index in [-0.39, 0.29) is 18.5 Å². The fraction of sp³-hybridized carbons (Fsp3) is 0.211. The van der Waals surface area contributed by atoms with E-state index in [1.807, 2.05) is 6.07 Å². The molecule has 142 valence electrons. The molecule has 0 aliphatic carbocycles. The number of hydrogen-bond donors (Lipinski definition) is 4. The SMILES string of the molecule is CC(=O)Nc1cccc(C(C)NC(=O)NCC(=O)Nc2ccc(F)cc2)c1. The Kier molecular flexibility index (Phi) is 6.87. The van der Waals surface area contributed by atoms with Gasteiger partial charge in [-0.15, -0.1) is 0 Å². The maximum Gasteiger partial charge on any atom is 0.315 e. The minimum atomic E-state index is -0.512. The van der Waals surface area contributed by atoms with Crippen LogP contribution in [0.1, 0.15) is 25.5 Å². The lowest BCUT2D eigenvalue weighted by molar-refractivity contribution is -0.115. The van der Waals surface area contributed by atoms with Gasteiger partial charge in [-0.25, -0.2) is 9.18 Å². The number of benzene rings is 2. The summed E-state index contributed by atoms with van der Waals surface area (Å²) in [7, 11) is 0. The second-order valence-corrected chi connectivity index (χ2v) is 5.91. The maximum atomic E-state index is 12.8. The Labute approximate surface area is 156 Å². The first kappa shape index (κ1) is 19.9. The summed E-state index contributed by atoms with van der Waals surface area (Å²) in [5.74, 6) is -1.02. The molecule has 0 saturated heterocycles. The number of carbonyl (C=O) groups excluding carboxylic acids is 3. The van der Waals surface area contributed by atoms with Gasteiger partial charge in [-0.05, 0) is 48.9 Å². The normalized spacial score (nSPS) is 11.2. The van der Waals surface area contributed by atoms with Gasteiger partial charge in [-0.1, -0.05) is 12.1 Å². The molecule has 7 nitrogen and oxygen atoms in total. The first-order valence-electron chi connectivity index (χ1n) is 8.31. The summed E-state index contributed by atoms with van der Waals surface area (Å²) in [4.78, 5) is 34.9. The van der Waals surface area contributed by atoms with Gasteiger partial charge in [0.05, 0.1) is 12.6 Å². The van der Waals surface area contributed by atoms with Crippen LogP contribution in [0.5, 0.6) is 0 Å². The lowest BCUT2D eigenvalue weighted by Gasteiger charge is -2.16. The molecule has 0 spiro atoms. The monoisotopic (exact) mass is 372 g/mol. The standard InChI is InChI=1S/C19H21FN4O3/c1-12(14-4-3-5-17(10-14)23-13(2)25)22-19(27)21-11-18(26)24-16-8-6-15(20)7-9-16/h3-10,12H,11H2,1-2H3,(H,23,25)(H,24,26)(H2,21,22,27). The summed E-state index contributed by atoms with van der Waals surface area (Å²) in [6.45, 7) is 2.96. The van der Waals surface area contributed by atoms with Crippen LogP contribution in [0.3, 0.4) is 0 Å². The number of nitrogens with one attached hydrogen (secondary N) is 4. The number of hydrogen-bond acceptors (Lipinski definition) is 3. The third-order valence-corrected chi connectivity index (χ3v) is 3.59. The average Bonchev–Trinajstić information content (AvgIpc) is 2.61. The molecule has 0 heterocycles. The Morgan fingerprint density at radius 2 is 1.70 bits per heavy atom. The Morgan fingerprint density at radius 1 is 1.00 bits per heavy atom. The van der Waals surface area contributed by atoms with Gasteiger partial charge in [-0.3, -0.25) is 9.59 Å². The predicted molar refractivity (Wildman–Crippen MR) is 101 cm³/mol. The maximum absolute atomic E-state index is 12.8. The molecule has 0 fully saturated rings. The highest BCUT2D eigenvalue weighted by atomic mass is 19.1. The van der Waals surface area contributed by atoms with E-state index in [0.717, 1.165) is 5.56 Å². The molecule has 2 aromatic carbocycles.